The number of nitrogens with one attached hydrogen (secondary N) is 1. The fourth-order valence-corrected chi connectivity index (χ4v) is 2.09. The highest BCUT2D eigenvalue weighted by Gasteiger charge is 2.32. The molecule has 0 saturated heterocycles. The van der Waals surface area contributed by atoms with E-state index in [1.165, 1.54) is 0 Å². The molecule has 1 rings (SSSR count). The molecule has 20 heavy (non-hydrogen) atoms. The van der Waals surface area contributed by atoms with Gasteiger partial charge < -0.3 is 10.4 Å². The highest BCUT2D eigenvalue weighted by atomic mass is 16.4. The number of rotatable bonds is 4. The van der Waals surface area contributed by atoms with Gasteiger partial charge in [-0.05, 0) is 19.3 Å². The number of carboxylic acids is 1. The Morgan fingerprint density at radius 3 is 2.25 bits per heavy atom. The number of hydrogen-bond donors (Lipinski definition) is 2. The molecule has 0 aromatic carbocycles. The molecule has 0 spiro atoms. The van der Waals surface area contributed by atoms with Gasteiger partial charge >= 0.3 is 5.97 Å². The maximum absolute atomic E-state index is 12.1. The normalized spacial score (nSPS) is 13.1. The van der Waals surface area contributed by atoms with Crippen molar-refractivity contribution in [3.63, 3.8) is 0 Å². The first kappa shape index (κ1) is 16.2. The minimum atomic E-state index is -1.02. The number of amides is 1. The quantitative estimate of drug-likeness (QED) is 0.868. The van der Waals surface area contributed by atoms with E-state index < -0.39 is 17.4 Å². The Morgan fingerprint density at radius 2 is 1.90 bits per heavy atom. The van der Waals surface area contributed by atoms with Crippen LogP contribution in [0.1, 0.15) is 37.7 Å². The lowest BCUT2D eigenvalue weighted by atomic mass is 9.86. The van der Waals surface area contributed by atoms with Gasteiger partial charge in [0.15, 0.2) is 0 Å². The Balaban J connectivity index is 2.84. The zero-order chi connectivity index (χ0) is 15.7. The summed E-state index contributed by atoms with van der Waals surface area (Å²) in [7, 11) is 1.82. The van der Waals surface area contributed by atoms with Crippen molar-refractivity contribution in [2.45, 2.75) is 47.1 Å². The average molecular weight is 281 g/mol. The number of hydrogen-bond acceptors (Lipinski definition) is 3. The van der Waals surface area contributed by atoms with Crippen LogP contribution in [0.5, 0.6) is 0 Å². The van der Waals surface area contributed by atoms with Gasteiger partial charge in [0.25, 0.3) is 0 Å². The van der Waals surface area contributed by atoms with Crippen molar-refractivity contribution in [3.05, 3.63) is 17.0 Å². The average Bonchev–Trinajstić information content (AvgIpc) is 2.51. The molecule has 1 amide bonds. The van der Waals surface area contributed by atoms with Crippen LogP contribution in [0.2, 0.25) is 0 Å². The first-order valence-corrected chi connectivity index (χ1v) is 6.55. The lowest BCUT2D eigenvalue weighted by Gasteiger charge is -2.27. The molecule has 2 N–H and O–H groups in total. The Labute approximate surface area is 119 Å². The predicted molar refractivity (Wildman–Crippen MR) is 75.4 cm³/mol. The largest absolute Gasteiger partial charge is 0.480 e. The van der Waals surface area contributed by atoms with Gasteiger partial charge in [-0.25, -0.2) is 4.79 Å². The van der Waals surface area contributed by atoms with E-state index >= 15 is 0 Å². The van der Waals surface area contributed by atoms with E-state index in [9.17, 15) is 14.7 Å². The minimum absolute atomic E-state index is 0.144. The van der Waals surface area contributed by atoms with Crippen molar-refractivity contribution < 1.29 is 14.7 Å². The van der Waals surface area contributed by atoms with Gasteiger partial charge in [0, 0.05) is 18.3 Å². The van der Waals surface area contributed by atoms with E-state index in [1.54, 1.807) is 25.5 Å². The van der Waals surface area contributed by atoms with Crippen LogP contribution in [0.4, 0.5) is 0 Å². The third-order valence-electron chi connectivity index (χ3n) is 3.41. The predicted octanol–water partition coefficient (Wildman–Crippen LogP) is 1.19. The number of aliphatic carboxylic acids is 1. The van der Waals surface area contributed by atoms with E-state index in [1.807, 2.05) is 20.9 Å². The molecule has 1 aromatic rings. The van der Waals surface area contributed by atoms with Crippen LogP contribution < -0.4 is 5.32 Å². The smallest absolute Gasteiger partial charge is 0.326 e. The summed E-state index contributed by atoms with van der Waals surface area (Å²) < 4.78 is 1.72. The highest BCUT2D eigenvalue weighted by molar-refractivity contribution is 5.85. The molecule has 0 fully saturated rings. The van der Waals surface area contributed by atoms with Gasteiger partial charge in [-0.1, -0.05) is 20.8 Å². The third kappa shape index (κ3) is 3.59. The topological polar surface area (TPSA) is 84.2 Å². The molecule has 0 saturated carbocycles. The molecular formula is C14H23N3O3. The van der Waals surface area contributed by atoms with Gasteiger partial charge in [-0.2, -0.15) is 5.10 Å². The zero-order valence-electron chi connectivity index (χ0n) is 12.9. The standard InChI is InChI=1S/C14H23N3O3/c1-8-10(9(2)17(6)16-8)7-11(18)15-12(13(19)20)14(3,4)5/h12H,7H2,1-6H3,(H,15,18)(H,19,20)/t12-/m1/s1. The number of nitrogens with zero attached hydrogens (tertiary/aromatic N) is 2. The molecule has 0 aliphatic heterocycles. The fourth-order valence-electron chi connectivity index (χ4n) is 2.09. The fraction of sp³-hybridized carbons (Fsp3) is 0.643. The summed E-state index contributed by atoms with van der Waals surface area (Å²) in [6, 6.07) is -0.910. The molecular weight excluding hydrogens is 258 g/mol. The van der Waals surface area contributed by atoms with E-state index in [0.29, 0.717) is 0 Å². The van der Waals surface area contributed by atoms with E-state index in [4.69, 9.17) is 0 Å². The van der Waals surface area contributed by atoms with Crippen molar-refractivity contribution in [1.82, 2.24) is 15.1 Å². The van der Waals surface area contributed by atoms with Crippen LogP contribution in [0, 0.1) is 19.3 Å². The molecule has 112 valence electrons. The minimum Gasteiger partial charge on any atom is -0.480 e. The van der Waals surface area contributed by atoms with Crippen molar-refractivity contribution in [3.8, 4) is 0 Å². The Bertz CT molecular complexity index is 527. The monoisotopic (exact) mass is 281 g/mol. The second-order valence-corrected chi connectivity index (χ2v) is 6.15. The Hall–Kier alpha value is -1.85. The van der Waals surface area contributed by atoms with E-state index in [2.05, 4.69) is 10.4 Å². The number of carboxylic acid groups (broad SMARTS) is 1. The van der Waals surface area contributed by atoms with Crippen LogP contribution >= 0.6 is 0 Å². The highest BCUT2D eigenvalue weighted by Crippen LogP contribution is 2.20. The Morgan fingerprint density at radius 1 is 1.35 bits per heavy atom. The number of carbonyl (C=O) groups excluding carboxylic acids is 1. The molecule has 1 aromatic heterocycles. The SMILES string of the molecule is Cc1nn(C)c(C)c1CC(=O)N[C@H](C(=O)O)C(C)(C)C. The summed E-state index contributed by atoms with van der Waals surface area (Å²) >= 11 is 0. The second-order valence-electron chi connectivity index (χ2n) is 6.15. The van der Waals surface area contributed by atoms with Crippen LogP contribution in [-0.4, -0.2) is 32.8 Å². The van der Waals surface area contributed by atoms with E-state index in [-0.39, 0.29) is 12.3 Å². The summed E-state index contributed by atoms with van der Waals surface area (Å²) in [5.41, 5.74) is 2.02. The number of aryl methyl sites for hydroxylation is 2. The third-order valence-corrected chi connectivity index (χ3v) is 3.41. The molecule has 0 aliphatic rings. The van der Waals surface area contributed by atoms with Gasteiger partial charge in [0.2, 0.25) is 5.91 Å². The molecule has 0 unspecified atom stereocenters. The summed E-state index contributed by atoms with van der Waals surface area (Å²) in [5, 5.41) is 16.0. The van der Waals surface area contributed by atoms with Gasteiger partial charge in [0.05, 0.1) is 12.1 Å². The van der Waals surface area contributed by atoms with Gasteiger partial charge in [-0.15, -0.1) is 0 Å². The summed E-state index contributed by atoms with van der Waals surface area (Å²) in [6.07, 6.45) is 0.144. The van der Waals surface area contributed by atoms with Gasteiger partial charge in [-0.3, -0.25) is 9.48 Å². The molecule has 0 aliphatic carbocycles. The summed E-state index contributed by atoms with van der Waals surface area (Å²) in [5.74, 6) is -1.32. The van der Waals surface area contributed by atoms with Gasteiger partial charge in [0.1, 0.15) is 6.04 Å². The first-order valence-electron chi connectivity index (χ1n) is 6.55. The van der Waals surface area contributed by atoms with Crippen LogP contribution in [0.15, 0.2) is 0 Å². The van der Waals surface area contributed by atoms with Crippen LogP contribution in [0.3, 0.4) is 0 Å². The van der Waals surface area contributed by atoms with Crippen molar-refractivity contribution in [2.75, 3.05) is 0 Å². The molecule has 0 bridgehead atoms. The lowest BCUT2D eigenvalue weighted by molar-refractivity contribution is -0.144. The zero-order valence-corrected chi connectivity index (χ0v) is 12.9. The molecule has 0 radical (unpaired) electrons. The van der Waals surface area contributed by atoms with Crippen molar-refractivity contribution in [1.29, 1.82) is 0 Å². The first-order chi connectivity index (χ1) is 9.04. The Kier molecular flexibility index (Phi) is 4.57. The number of carbonyl (C=O) groups is 2. The molecule has 6 heteroatoms. The van der Waals surface area contributed by atoms with E-state index in [0.717, 1.165) is 17.0 Å². The molecule has 6 nitrogen and oxygen atoms in total. The molecule has 1 heterocycles. The lowest BCUT2D eigenvalue weighted by Crippen LogP contribution is -2.49. The second kappa shape index (κ2) is 5.64. The summed E-state index contributed by atoms with van der Waals surface area (Å²) in [4.78, 5) is 23.3. The molecule has 1 atom stereocenters. The summed E-state index contributed by atoms with van der Waals surface area (Å²) in [6.45, 7) is 9.08. The number of aromatic nitrogens is 2. The maximum atomic E-state index is 12.1. The maximum Gasteiger partial charge on any atom is 0.326 e. The van der Waals surface area contributed by atoms with Crippen LogP contribution in [-0.2, 0) is 23.1 Å². The van der Waals surface area contributed by atoms with Crippen LogP contribution in [0.25, 0.3) is 0 Å². The van der Waals surface area contributed by atoms with Crippen molar-refractivity contribution >= 4 is 11.9 Å². The van der Waals surface area contributed by atoms with Crippen molar-refractivity contribution in [2.24, 2.45) is 12.5 Å².